The van der Waals surface area contributed by atoms with Crippen LogP contribution in [0.1, 0.15) is 18.4 Å². The summed E-state index contributed by atoms with van der Waals surface area (Å²) in [6.45, 7) is 0.479. The van der Waals surface area contributed by atoms with E-state index in [2.05, 4.69) is 10.6 Å². The first-order chi connectivity index (χ1) is 8.15. The van der Waals surface area contributed by atoms with Crippen LogP contribution in [0, 0.1) is 5.82 Å². The van der Waals surface area contributed by atoms with E-state index in [1.54, 1.807) is 12.1 Å². The molecule has 1 saturated heterocycles. The Bertz CT molecular complexity index is 431. The fraction of sp³-hybridized carbons (Fsp3) is 0.333. The number of halogens is 1. The zero-order valence-electron chi connectivity index (χ0n) is 9.20. The maximum absolute atomic E-state index is 12.7. The van der Waals surface area contributed by atoms with E-state index in [9.17, 15) is 14.0 Å². The van der Waals surface area contributed by atoms with Crippen molar-refractivity contribution in [2.75, 3.05) is 0 Å². The first kappa shape index (κ1) is 11.7. The number of carbonyl (C=O) groups is 2. The SMILES string of the molecule is O=C1CCC(NCc2ccc(F)cc2)C(=O)N1. The lowest BCUT2D eigenvalue weighted by molar-refractivity contribution is -0.134. The highest BCUT2D eigenvalue weighted by Gasteiger charge is 2.25. The molecular weight excluding hydrogens is 223 g/mol. The summed E-state index contributed by atoms with van der Waals surface area (Å²) in [5.74, 6) is -0.798. The molecule has 0 aromatic heterocycles. The molecule has 90 valence electrons. The molecule has 0 radical (unpaired) electrons. The van der Waals surface area contributed by atoms with Gasteiger partial charge in [-0.1, -0.05) is 12.1 Å². The van der Waals surface area contributed by atoms with Gasteiger partial charge in [-0.05, 0) is 24.1 Å². The van der Waals surface area contributed by atoms with Gasteiger partial charge in [-0.25, -0.2) is 4.39 Å². The third-order valence-corrected chi connectivity index (χ3v) is 2.71. The average Bonchev–Trinajstić information content (AvgIpc) is 2.30. The van der Waals surface area contributed by atoms with Crippen molar-refractivity contribution < 1.29 is 14.0 Å². The molecule has 2 amide bonds. The van der Waals surface area contributed by atoms with E-state index in [0.717, 1.165) is 5.56 Å². The maximum atomic E-state index is 12.7. The maximum Gasteiger partial charge on any atom is 0.243 e. The Kier molecular flexibility index (Phi) is 3.49. The summed E-state index contributed by atoms with van der Waals surface area (Å²) in [6, 6.07) is 5.73. The standard InChI is InChI=1S/C12H13FN2O2/c13-9-3-1-8(2-4-9)7-14-10-5-6-11(16)15-12(10)17/h1-4,10,14H,5-7H2,(H,15,16,17). The molecule has 1 unspecified atom stereocenters. The van der Waals surface area contributed by atoms with Crippen molar-refractivity contribution in [3.05, 3.63) is 35.6 Å². The molecule has 1 fully saturated rings. The van der Waals surface area contributed by atoms with Crippen molar-refractivity contribution in [2.45, 2.75) is 25.4 Å². The fourth-order valence-corrected chi connectivity index (χ4v) is 1.73. The molecule has 1 atom stereocenters. The quantitative estimate of drug-likeness (QED) is 0.760. The van der Waals surface area contributed by atoms with Gasteiger partial charge < -0.3 is 5.32 Å². The van der Waals surface area contributed by atoms with Crippen molar-refractivity contribution in [1.29, 1.82) is 0 Å². The molecule has 4 nitrogen and oxygen atoms in total. The molecule has 1 heterocycles. The number of rotatable bonds is 3. The van der Waals surface area contributed by atoms with Crippen LogP contribution in [-0.2, 0) is 16.1 Å². The van der Waals surface area contributed by atoms with Crippen molar-refractivity contribution >= 4 is 11.8 Å². The third kappa shape index (κ3) is 3.10. The topological polar surface area (TPSA) is 58.2 Å². The second-order valence-corrected chi connectivity index (χ2v) is 4.01. The second-order valence-electron chi connectivity index (χ2n) is 4.01. The van der Waals surface area contributed by atoms with Gasteiger partial charge in [0.05, 0.1) is 6.04 Å². The van der Waals surface area contributed by atoms with Crippen molar-refractivity contribution in [2.24, 2.45) is 0 Å². The Morgan fingerprint density at radius 3 is 2.65 bits per heavy atom. The summed E-state index contributed by atoms with van der Waals surface area (Å²) in [7, 11) is 0. The van der Waals surface area contributed by atoms with Crippen LogP contribution in [0.15, 0.2) is 24.3 Å². The number of imide groups is 1. The Balaban J connectivity index is 1.88. The van der Waals surface area contributed by atoms with Gasteiger partial charge in [0.1, 0.15) is 5.82 Å². The van der Waals surface area contributed by atoms with Gasteiger partial charge in [0, 0.05) is 13.0 Å². The summed E-state index contributed by atoms with van der Waals surface area (Å²) < 4.78 is 12.7. The van der Waals surface area contributed by atoms with Crippen LogP contribution in [0.25, 0.3) is 0 Å². The van der Waals surface area contributed by atoms with Crippen LogP contribution >= 0.6 is 0 Å². The number of nitrogens with one attached hydrogen (secondary N) is 2. The summed E-state index contributed by atoms with van der Waals surface area (Å²) in [6.07, 6.45) is 0.860. The zero-order valence-corrected chi connectivity index (χ0v) is 9.20. The van der Waals surface area contributed by atoms with Gasteiger partial charge in [0.15, 0.2) is 0 Å². The Morgan fingerprint density at radius 2 is 2.00 bits per heavy atom. The van der Waals surface area contributed by atoms with Crippen LogP contribution in [0.5, 0.6) is 0 Å². The number of carbonyl (C=O) groups excluding carboxylic acids is 2. The van der Waals surface area contributed by atoms with E-state index in [4.69, 9.17) is 0 Å². The number of hydrogen-bond donors (Lipinski definition) is 2. The summed E-state index contributed by atoms with van der Waals surface area (Å²) in [4.78, 5) is 22.4. The lowest BCUT2D eigenvalue weighted by Gasteiger charge is -2.21. The van der Waals surface area contributed by atoms with Crippen LogP contribution in [0.4, 0.5) is 4.39 Å². The summed E-state index contributed by atoms with van der Waals surface area (Å²) in [5, 5.41) is 5.32. The minimum absolute atomic E-state index is 0.227. The Morgan fingerprint density at radius 1 is 1.29 bits per heavy atom. The second kappa shape index (κ2) is 5.05. The summed E-state index contributed by atoms with van der Waals surface area (Å²) >= 11 is 0. The first-order valence-electron chi connectivity index (χ1n) is 5.46. The zero-order chi connectivity index (χ0) is 12.3. The highest BCUT2D eigenvalue weighted by atomic mass is 19.1. The number of benzene rings is 1. The molecule has 1 aliphatic heterocycles. The van der Waals surface area contributed by atoms with Gasteiger partial charge in [-0.3, -0.25) is 14.9 Å². The van der Waals surface area contributed by atoms with Crippen molar-refractivity contribution in [1.82, 2.24) is 10.6 Å². The van der Waals surface area contributed by atoms with E-state index in [0.29, 0.717) is 19.4 Å². The van der Waals surface area contributed by atoms with E-state index >= 15 is 0 Å². The third-order valence-electron chi connectivity index (χ3n) is 2.71. The highest BCUT2D eigenvalue weighted by Crippen LogP contribution is 2.07. The van der Waals surface area contributed by atoms with Gasteiger partial charge in [-0.15, -0.1) is 0 Å². The van der Waals surface area contributed by atoms with E-state index in [1.807, 2.05) is 0 Å². The predicted molar refractivity (Wildman–Crippen MR) is 59.4 cm³/mol. The Labute approximate surface area is 98.2 Å². The monoisotopic (exact) mass is 236 g/mol. The minimum Gasteiger partial charge on any atom is -0.302 e. The molecule has 2 rings (SSSR count). The normalized spacial score (nSPS) is 20.2. The van der Waals surface area contributed by atoms with Crippen LogP contribution < -0.4 is 10.6 Å². The van der Waals surface area contributed by atoms with Crippen molar-refractivity contribution in [3.8, 4) is 0 Å². The molecule has 2 N–H and O–H groups in total. The van der Waals surface area contributed by atoms with E-state index in [1.165, 1.54) is 12.1 Å². The summed E-state index contributed by atoms with van der Waals surface area (Å²) in [5.41, 5.74) is 0.899. The lowest BCUT2D eigenvalue weighted by atomic mass is 10.1. The minimum atomic E-state index is -0.349. The molecule has 0 bridgehead atoms. The van der Waals surface area contributed by atoms with E-state index in [-0.39, 0.29) is 23.7 Å². The largest absolute Gasteiger partial charge is 0.302 e. The number of amides is 2. The molecule has 1 aromatic carbocycles. The van der Waals surface area contributed by atoms with Gasteiger partial charge in [-0.2, -0.15) is 0 Å². The fourth-order valence-electron chi connectivity index (χ4n) is 1.73. The molecule has 0 aliphatic carbocycles. The van der Waals surface area contributed by atoms with Gasteiger partial charge >= 0.3 is 0 Å². The van der Waals surface area contributed by atoms with Crippen LogP contribution in [0.3, 0.4) is 0 Å². The molecule has 0 spiro atoms. The molecule has 0 saturated carbocycles. The Hall–Kier alpha value is -1.75. The van der Waals surface area contributed by atoms with Crippen molar-refractivity contribution in [3.63, 3.8) is 0 Å². The molecular formula is C12H13FN2O2. The first-order valence-corrected chi connectivity index (χ1v) is 5.46. The van der Waals surface area contributed by atoms with Gasteiger partial charge in [0.25, 0.3) is 0 Å². The average molecular weight is 236 g/mol. The predicted octanol–water partition coefficient (Wildman–Crippen LogP) is 0.720. The van der Waals surface area contributed by atoms with Crippen LogP contribution in [-0.4, -0.2) is 17.9 Å². The lowest BCUT2D eigenvalue weighted by Crippen LogP contribution is -2.50. The highest BCUT2D eigenvalue weighted by molar-refractivity contribution is 6.00. The van der Waals surface area contributed by atoms with Gasteiger partial charge in [0.2, 0.25) is 11.8 Å². The molecule has 1 aromatic rings. The molecule has 5 heteroatoms. The molecule has 1 aliphatic rings. The molecule has 17 heavy (non-hydrogen) atoms. The van der Waals surface area contributed by atoms with E-state index < -0.39 is 0 Å². The number of piperidine rings is 1. The van der Waals surface area contributed by atoms with Crippen LogP contribution in [0.2, 0.25) is 0 Å². The smallest absolute Gasteiger partial charge is 0.243 e. The number of hydrogen-bond acceptors (Lipinski definition) is 3.